The number of carbonyl (C=O) groups excluding carboxylic acids is 1. The molecule has 2 aromatic carbocycles. The number of rotatable bonds is 5. The van der Waals surface area contributed by atoms with Gasteiger partial charge in [0, 0.05) is 33.4 Å². The van der Waals surface area contributed by atoms with Gasteiger partial charge in [-0.25, -0.2) is 4.98 Å². The van der Waals surface area contributed by atoms with Gasteiger partial charge in [-0.15, -0.1) is 11.3 Å². The fourth-order valence-electron chi connectivity index (χ4n) is 3.65. The average Bonchev–Trinajstić information content (AvgIpc) is 3.30. The van der Waals surface area contributed by atoms with Crippen LogP contribution in [-0.4, -0.2) is 15.5 Å². The van der Waals surface area contributed by atoms with Crippen molar-refractivity contribution in [2.75, 3.05) is 5.32 Å². The summed E-state index contributed by atoms with van der Waals surface area (Å²) in [5.74, 6) is -0.154. The molecule has 0 saturated heterocycles. The number of carbonyl (C=O) groups is 1. The Balaban J connectivity index is 1.63. The maximum absolute atomic E-state index is 13.1. The van der Waals surface area contributed by atoms with Crippen LogP contribution < -0.4 is 5.32 Å². The smallest absolute Gasteiger partial charge is 0.274 e. The van der Waals surface area contributed by atoms with E-state index in [-0.39, 0.29) is 5.91 Å². The van der Waals surface area contributed by atoms with E-state index in [1.807, 2.05) is 42.0 Å². The summed E-state index contributed by atoms with van der Waals surface area (Å²) in [4.78, 5) is 17.7. The predicted octanol–water partition coefficient (Wildman–Crippen LogP) is 6.56. The minimum atomic E-state index is -0.154. The SMILES string of the molecule is CCc1ccc(-c2csc(NC(=O)c3c(C)c4cc(Cl)ccc4n3CC)n2)cc1. The number of nitrogens with one attached hydrogen (secondary N) is 1. The Bertz CT molecular complexity index is 1190. The molecule has 0 bridgehead atoms. The summed E-state index contributed by atoms with van der Waals surface area (Å²) < 4.78 is 2.02. The van der Waals surface area contributed by atoms with Gasteiger partial charge < -0.3 is 4.57 Å². The zero-order chi connectivity index (χ0) is 20.5. The van der Waals surface area contributed by atoms with Crippen LogP contribution in [0.5, 0.6) is 0 Å². The highest BCUT2D eigenvalue weighted by molar-refractivity contribution is 7.14. The molecule has 0 atom stereocenters. The van der Waals surface area contributed by atoms with E-state index < -0.39 is 0 Å². The van der Waals surface area contributed by atoms with Gasteiger partial charge in [-0.3, -0.25) is 10.1 Å². The molecule has 4 nitrogen and oxygen atoms in total. The third-order valence-electron chi connectivity index (χ3n) is 5.19. The first-order chi connectivity index (χ1) is 14.0. The molecule has 6 heteroatoms. The Kier molecular flexibility index (Phi) is 5.43. The molecule has 1 N–H and O–H groups in total. The van der Waals surface area contributed by atoms with Gasteiger partial charge in [0.2, 0.25) is 0 Å². The van der Waals surface area contributed by atoms with Crippen molar-refractivity contribution < 1.29 is 4.79 Å². The zero-order valence-corrected chi connectivity index (χ0v) is 18.2. The van der Waals surface area contributed by atoms with E-state index in [4.69, 9.17) is 11.6 Å². The molecule has 0 aliphatic heterocycles. The summed E-state index contributed by atoms with van der Waals surface area (Å²) in [6, 6.07) is 14.1. The van der Waals surface area contributed by atoms with E-state index in [1.54, 1.807) is 0 Å². The summed E-state index contributed by atoms with van der Waals surface area (Å²) in [6.45, 7) is 6.83. The van der Waals surface area contributed by atoms with Crippen LogP contribution in [0.1, 0.15) is 35.5 Å². The fourth-order valence-corrected chi connectivity index (χ4v) is 4.53. The van der Waals surface area contributed by atoms with Crippen molar-refractivity contribution in [3.05, 3.63) is 69.7 Å². The van der Waals surface area contributed by atoms with Crippen molar-refractivity contribution in [1.82, 2.24) is 9.55 Å². The molecule has 0 aliphatic rings. The number of nitrogens with zero attached hydrogens (tertiary/aromatic N) is 2. The molecule has 0 fully saturated rings. The number of aryl methyl sites for hydroxylation is 3. The number of fused-ring (bicyclic) bond motifs is 1. The van der Waals surface area contributed by atoms with Crippen LogP contribution >= 0.6 is 22.9 Å². The summed E-state index contributed by atoms with van der Waals surface area (Å²) in [5.41, 5.74) is 5.79. The number of hydrogen-bond acceptors (Lipinski definition) is 3. The quantitative estimate of drug-likeness (QED) is 0.395. The minimum absolute atomic E-state index is 0.154. The van der Waals surface area contributed by atoms with Crippen LogP contribution in [0.3, 0.4) is 0 Å². The van der Waals surface area contributed by atoms with E-state index in [0.717, 1.165) is 34.1 Å². The van der Waals surface area contributed by atoms with Crippen LogP contribution in [0.4, 0.5) is 5.13 Å². The van der Waals surface area contributed by atoms with Gasteiger partial charge in [0.1, 0.15) is 5.69 Å². The largest absolute Gasteiger partial charge is 0.337 e. The van der Waals surface area contributed by atoms with Gasteiger partial charge in [-0.1, -0.05) is 42.8 Å². The number of thiazole rings is 1. The summed E-state index contributed by atoms with van der Waals surface area (Å²) in [7, 11) is 0. The summed E-state index contributed by atoms with van der Waals surface area (Å²) >= 11 is 7.60. The van der Waals surface area contributed by atoms with Crippen LogP contribution in [0.25, 0.3) is 22.2 Å². The van der Waals surface area contributed by atoms with E-state index in [2.05, 4.69) is 41.5 Å². The Morgan fingerprint density at radius 1 is 1.17 bits per heavy atom. The van der Waals surface area contributed by atoms with Crippen molar-refractivity contribution in [3.8, 4) is 11.3 Å². The highest BCUT2D eigenvalue weighted by Gasteiger charge is 2.21. The molecule has 4 rings (SSSR count). The molecule has 0 spiro atoms. The number of benzene rings is 2. The van der Waals surface area contributed by atoms with Crippen molar-refractivity contribution in [1.29, 1.82) is 0 Å². The van der Waals surface area contributed by atoms with Crippen molar-refractivity contribution in [2.45, 2.75) is 33.7 Å². The Morgan fingerprint density at radius 3 is 2.62 bits per heavy atom. The van der Waals surface area contributed by atoms with Crippen molar-refractivity contribution >= 4 is 44.9 Å². The lowest BCUT2D eigenvalue weighted by atomic mass is 10.1. The van der Waals surface area contributed by atoms with Crippen molar-refractivity contribution in [3.63, 3.8) is 0 Å². The third kappa shape index (κ3) is 3.68. The number of aromatic nitrogens is 2. The summed E-state index contributed by atoms with van der Waals surface area (Å²) in [6.07, 6.45) is 1.01. The first-order valence-electron chi connectivity index (χ1n) is 9.66. The number of anilines is 1. The van der Waals surface area contributed by atoms with E-state index >= 15 is 0 Å². The number of halogens is 1. The zero-order valence-electron chi connectivity index (χ0n) is 16.6. The van der Waals surface area contributed by atoms with Gasteiger partial charge in [0.15, 0.2) is 5.13 Å². The van der Waals surface area contributed by atoms with Crippen LogP contribution in [-0.2, 0) is 13.0 Å². The fraction of sp³-hybridized carbons (Fsp3) is 0.217. The number of amides is 1. The second kappa shape index (κ2) is 8.01. The van der Waals surface area contributed by atoms with E-state index in [1.165, 1.54) is 16.9 Å². The van der Waals surface area contributed by atoms with E-state index in [0.29, 0.717) is 22.4 Å². The molecule has 4 aromatic rings. The Labute approximate surface area is 179 Å². The molecule has 0 radical (unpaired) electrons. The maximum atomic E-state index is 13.1. The van der Waals surface area contributed by atoms with Crippen molar-refractivity contribution in [2.24, 2.45) is 0 Å². The Hall–Kier alpha value is -2.63. The third-order valence-corrected chi connectivity index (χ3v) is 6.19. The second-order valence-corrected chi connectivity index (χ2v) is 8.22. The Morgan fingerprint density at radius 2 is 1.93 bits per heavy atom. The van der Waals surface area contributed by atoms with E-state index in [9.17, 15) is 4.79 Å². The molecule has 1 amide bonds. The van der Waals surface area contributed by atoms with Crippen LogP contribution in [0, 0.1) is 6.92 Å². The molecule has 0 unspecified atom stereocenters. The lowest BCUT2D eigenvalue weighted by molar-refractivity contribution is 0.101. The highest BCUT2D eigenvalue weighted by Crippen LogP contribution is 2.30. The lowest BCUT2D eigenvalue weighted by Gasteiger charge is -2.08. The van der Waals surface area contributed by atoms with Gasteiger partial charge >= 0.3 is 0 Å². The second-order valence-electron chi connectivity index (χ2n) is 6.92. The highest BCUT2D eigenvalue weighted by atomic mass is 35.5. The number of hydrogen-bond donors (Lipinski definition) is 1. The monoisotopic (exact) mass is 423 g/mol. The molecule has 29 heavy (non-hydrogen) atoms. The lowest BCUT2D eigenvalue weighted by Crippen LogP contribution is -2.17. The van der Waals surface area contributed by atoms with Gasteiger partial charge in [-0.2, -0.15) is 0 Å². The van der Waals surface area contributed by atoms with Gasteiger partial charge in [-0.05, 0) is 49.6 Å². The molecular weight excluding hydrogens is 402 g/mol. The van der Waals surface area contributed by atoms with Crippen LogP contribution in [0.2, 0.25) is 5.02 Å². The minimum Gasteiger partial charge on any atom is -0.337 e. The van der Waals surface area contributed by atoms with Gasteiger partial charge in [0.25, 0.3) is 5.91 Å². The molecule has 0 aliphatic carbocycles. The predicted molar refractivity (Wildman–Crippen MR) is 122 cm³/mol. The molecule has 2 heterocycles. The molecule has 0 saturated carbocycles. The standard InChI is InChI=1S/C23H22ClN3OS/c1-4-15-6-8-16(9-7-15)19-13-29-23(25-19)26-22(28)21-14(3)18-12-17(24)10-11-20(18)27(21)5-2/h6-13H,4-5H2,1-3H3,(H,25,26,28). The molecule has 2 aromatic heterocycles. The van der Waals surface area contributed by atoms with Gasteiger partial charge in [0.05, 0.1) is 5.69 Å². The molecular formula is C23H22ClN3OS. The molecule has 148 valence electrons. The topological polar surface area (TPSA) is 46.9 Å². The van der Waals surface area contributed by atoms with Crippen LogP contribution in [0.15, 0.2) is 47.8 Å². The first kappa shape index (κ1) is 19.7. The normalized spacial score (nSPS) is 11.2. The maximum Gasteiger partial charge on any atom is 0.274 e. The summed E-state index contributed by atoms with van der Waals surface area (Å²) in [5, 5.41) is 7.21. The first-order valence-corrected chi connectivity index (χ1v) is 10.9. The average molecular weight is 424 g/mol.